The molecule has 7 heteroatoms. The largest absolute Gasteiger partial charge is 0.496 e. The molecular weight excluding hydrogens is 414 g/mol. The fourth-order valence-corrected chi connectivity index (χ4v) is 4.61. The van der Waals surface area contributed by atoms with Gasteiger partial charge in [-0.1, -0.05) is 23.9 Å². The normalized spacial score (nSPS) is 13.6. The molecule has 2 aromatic rings. The average molecular weight is 444 g/mol. The van der Waals surface area contributed by atoms with E-state index in [1.54, 1.807) is 14.2 Å². The third-order valence-electron chi connectivity index (χ3n) is 5.66. The molecule has 0 aromatic heterocycles. The maximum atomic E-state index is 11.7. The zero-order valence-corrected chi connectivity index (χ0v) is 19.6. The Morgan fingerprint density at radius 2 is 1.58 bits per heavy atom. The molecule has 1 heterocycles. The molecule has 1 fully saturated rings. The van der Waals surface area contributed by atoms with E-state index in [2.05, 4.69) is 20.8 Å². The van der Waals surface area contributed by atoms with Crippen molar-refractivity contribution in [2.75, 3.05) is 26.6 Å². The summed E-state index contributed by atoms with van der Waals surface area (Å²) in [6, 6.07) is 7.53. The van der Waals surface area contributed by atoms with Crippen LogP contribution in [0, 0.1) is 20.8 Å². The first kappa shape index (κ1) is 23.0. The van der Waals surface area contributed by atoms with Gasteiger partial charge in [-0.25, -0.2) is 0 Å². The predicted octanol–water partition coefficient (Wildman–Crippen LogP) is 4.84. The first-order valence-electron chi connectivity index (χ1n) is 10.3. The Hall–Kier alpha value is -2.67. The zero-order chi connectivity index (χ0) is 22.5. The first-order valence-corrected chi connectivity index (χ1v) is 11.2. The van der Waals surface area contributed by atoms with Crippen molar-refractivity contribution >= 4 is 22.9 Å². The number of ether oxygens (including phenoxy) is 3. The maximum absolute atomic E-state index is 11.7. The molecule has 1 aliphatic rings. The molecule has 3 rings (SSSR count). The van der Waals surface area contributed by atoms with Crippen molar-refractivity contribution < 1.29 is 23.8 Å². The van der Waals surface area contributed by atoms with Crippen LogP contribution in [0.3, 0.4) is 0 Å². The summed E-state index contributed by atoms with van der Waals surface area (Å²) in [5.74, 6) is 2.70. The van der Waals surface area contributed by atoms with Crippen LogP contribution < -0.4 is 14.2 Å². The van der Waals surface area contributed by atoms with Crippen molar-refractivity contribution in [2.24, 2.45) is 0 Å². The average Bonchev–Trinajstić information content (AvgIpc) is 3.08. The predicted molar refractivity (Wildman–Crippen MR) is 122 cm³/mol. The monoisotopic (exact) mass is 443 g/mol. The molecule has 0 bridgehead atoms. The Morgan fingerprint density at radius 3 is 2.16 bits per heavy atom. The van der Waals surface area contributed by atoms with Gasteiger partial charge in [-0.3, -0.25) is 14.5 Å². The quantitative estimate of drug-likeness (QED) is 0.517. The van der Waals surface area contributed by atoms with E-state index in [-0.39, 0.29) is 16.9 Å². The highest BCUT2D eigenvalue weighted by molar-refractivity contribution is 8.14. The summed E-state index contributed by atoms with van der Waals surface area (Å²) in [7, 11) is 3.41. The molecule has 0 N–H and O–H groups in total. The first-order chi connectivity index (χ1) is 14.9. The summed E-state index contributed by atoms with van der Waals surface area (Å²) in [5, 5.41) is -0.181. The topological polar surface area (TPSA) is 65.1 Å². The van der Waals surface area contributed by atoms with E-state index in [0.29, 0.717) is 13.2 Å². The number of imide groups is 1. The fraction of sp³-hybridized carbons (Fsp3) is 0.417. The molecule has 0 spiro atoms. The molecule has 6 nitrogen and oxygen atoms in total. The van der Waals surface area contributed by atoms with E-state index in [1.165, 1.54) is 4.90 Å². The van der Waals surface area contributed by atoms with Gasteiger partial charge >= 0.3 is 0 Å². The highest BCUT2D eigenvalue weighted by atomic mass is 32.2. The minimum Gasteiger partial charge on any atom is -0.496 e. The number of hydrogen-bond acceptors (Lipinski definition) is 6. The standard InChI is InChI=1S/C24H29NO5S/c1-15-16(2)23(29-5)20(17(3)22(15)28-4)7-6-12-30-19-10-8-18(9-11-19)13-25-21(26)14-31-24(25)27/h8-11H,6-7,12-14H2,1-5H3. The summed E-state index contributed by atoms with van der Waals surface area (Å²) in [6.45, 7) is 7.04. The molecule has 0 saturated carbocycles. The second kappa shape index (κ2) is 10.1. The number of carbonyl (C=O) groups excluding carboxylic acids is 2. The lowest BCUT2D eigenvalue weighted by molar-refractivity contribution is -0.125. The van der Waals surface area contributed by atoms with Gasteiger partial charge in [0.2, 0.25) is 5.91 Å². The molecule has 31 heavy (non-hydrogen) atoms. The third kappa shape index (κ3) is 4.98. The number of nitrogens with zero attached hydrogens (tertiary/aromatic N) is 1. The minimum absolute atomic E-state index is 0.135. The van der Waals surface area contributed by atoms with Gasteiger partial charge in [0.1, 0.15) is 17.2 Å². The second-order valence-corrected chi connectivity index (χ2v) is 8.48. The molecule has 2 amide bonds. The van der Waals surface area contributed by atoms with Crippen LogP contribution in [0.5, 0.6) is 17.2 Å². The van der Waals surface area contributed by atoms with E-state index >= 15 is 0 Å². The number of amides is 2. The number of carbonyl (C=O) groups is 2. The van der Waals surface area contributed by atoms with Crippen LogP contribution in [0.15, 0.2) is 24.3 Å². The van der Waals surface area contributed by atoms with Crippen LogP contribution in [0.25, 0.3) is 0 Å². The van der Waals surface area contributed by atoms with E-state index in [4.69, 9.17) is 14.2 Å². The van der Waals surface area contributed by atoms with Crippen molar-refractivity contribution in [2.45, 2.75) is 40.2 Å². The van der Waals surface area contributed by atoms with Crippen molar-refractivity contribution in [3.63, 3.8) is 0 Å². The smallest absolute Gasteiger partial charge is 0.289 e. The molecule has 0 atom stereocenters. The summed E-state index contributed by atoms with van der Waals surface area (Å²) >= 11 is 1.05. The van der Waals surface area contributed by atoms with Crippen molar-refractivity contribution in [3.8, 4) is 17.2 Å². The van der Waals surface area contributed by atoms with Gasteiger partial charge in [-0.15, -0.1) is 0 Å². The highest BCUT2D eigenvalue weighted by Crippen LogP contribution is 2.38. The maximum Gasteiger partial charge on any atom is 0.289 e. The van der Waals surface area contributed by atoms with Gasteiger partial charge in [0.25, 0.3) is 5.24 Å². The van der Waals surface area contributed by atoms with Gasteiger partial charge < -0.3 is 14.2 Å². The Labute approximate surface area is 187 Å². The van der Waals surface area contributed by atoms with Crippen molar-refractivity contribution in [1.82, 2.24) is 4.90 Å². The SMILES string of the molecule is COc1c(C)c(C)c(OC)c(CCCOc2ccc(CN3C(=O)CSC3=O)cc2)c1C. The lowest BCUT2D eigenvalue weighted by Gasteiger charge is -2.20. The van der Waals surface area contributed by atoms with Crippen molar-refractivity contribution in [3.05, 3.63) is 52.1 Å². The van der Waals surface area contributed by atoms with E-state index in [0.717, 1.165) is 69.7 Å². The molecule has 1 saturated heterocycles. The Balaban J connectivity index is 1.57. The van der Waals surface area contributed by atoms with Gasteiger partial charge in [0, 0.05) is 5.56 Å². The molecular formula is C24H29NO5S. The summed E-state index contributed by atoms with van der Waals surface area (Å²) < 4.78 is 17.2. The molecule has 0 radical (unpaired) electrons. The van der Waals surface area contributed by atoms with E-state index in [9.17, 15) is 9.59 Å². The van der Waals surface area contributed by atoms with Gasteiger partial charge in [-0.05, 0) is 68.0 Å². The van der Waals surface area contributed by atoms with E-state index in [1.807, 2.05) is 24.3 Å². The van der Waals surface area contributed by atoms with Crippen LogP contribution in [-0.2, 0) is 17.8 Å². The van der Waals surface area contributed by atoms with Crippen molar-refractivity contribution in [1.29, 1.82) is 0 Å². The molecule has 1 aliphatic heterocycles. The number of thioether (sulfide) groups is 1. The second-order valence-electron chi connectivity index (χ2n) is 7.55. The summed E-state index contributed by atoms with van der Waals surface area (Å²) in [4.78, 5) is 24.7. The van der Waals surface area contributed by atoms with Gasteiger partial charge in [0.05, 0.1) is 33.1 Å². The zero-order valence-electron chi connectivity index (χ0n) is 18.7. The number of rotatable bonds is 9. The number of benzene rings is 2. The third-order valence-corrected chi connectivity index (χ3v) is 6.52. The van der Waals surface area contributed by atoms with Gasteiger partial charge in [-0.2, -0.15) is 0 Å². The van der Waals surface area contributed by atoms with E-state index < -0.39 is 0 Å². The minimum atomic E-state index is -0.181. The van der Waals surface area contributed by atoms with Crippen LogP contribution in [0.4, 0.5) is 4.79 Å². The molecule has 0 unspecified atom stereocenters. The summed E-state index contributed by atoms with van der Waals surface area (Å²) in [5.41, 5.74) is 5.37. The lowest BCUT2D eigenvalue weighted by Crippen LogP contribution is -2.27. The molecule has 2 aromatic carbocycles. The fourth-order valence-electron chi connectivity index (χ4n) is 3.89. The molecule has 0 aliphatic carbocycles. The number of methoxy groups -OCH3 is 2. The Kier molecular flexibility index (Phi) is 7.49. The highest BCUT2D eigenvalue weighted by Gasteiger charge is 2.29. The van der Waals surface area contributed by atoms with Crippen LogP contribution in [0.1, 0.15) is 34.2 Å². The Morgan fingerprint density at radius 1 is 0.935 bits per heavy atom. The number of hydrogen-bond donors (Lipinski definition) is 0. The molecule has 166 valence electrons. The lowest BCUT2D eigenvalue weighted by atomic mass is 9.94. The summed E-state index contributed by atoms with van der Waals surface area (Å²) in [6.07, 6.45) is 1.65. The van der Waals surface area contributed by atoms with Crippen LogP contribution in [0.2, 0.25) is 0 Å². The van der Waals surface area contributed by atoms with Crippen LogP contribution >= 0.6 is 11.8 Å². The van der Waals surface area contributed by atoms with Gasteiger partial charge in [0.15, 0.2) is 0 Å². The van der Waals surface area contributed by atoms with Crippen LogP contribution in [-0.4, -0.2) is 42.6 Å². The Bertz CT molecular complexity index is 955.